The van der Waals surface area contributed by atoms with Crippen molar-refractivity contribution in [3.63, 3.8) is 0 Å². The van der Waals surface area contributed by atoms with Crippen LogP contribution in [0.25, 0.3) is 0 Å². The Balaban J connectivity index is 1.51. The average molecular weight is 458 g/mol. The molecule has 142 valence electrons. The van der Waals surface area contributed by atoms with Crippen LogP contribution in [0.1, 0.15) is 26.5 Å². The molecule has 0 spiro atoms. The van der Waals surface area contributed by atoms with Crippen LogP contribution in [0.3, 0.4) is 0 Å². The Bertz CT molecular complexity index is 1020. The summed E-state index contributed by atoms with van der Waals surface area (Å²) in [5.41, 5.74) is 4.84. The number of hydrogen-bond donors (Lipinski definition) is 2. The van der Waals surface area contributed by atoms with E-state index in [0.29, 0.717) is 15.7 Å². The lowest BCUT2D eigenvalue weighted by molar-refractivity contribution is -0.120. The van der Waals surface area contributed by atoms with E-state index in [9.17, 15) is 9.59 Å². The quantitative estimate of drug-likeness (QED) is 0.436. The minimum Gasteiger partial charge on any atom is -0.296 e. The van der Waals surface area contributed by atoms with E-state index in [0.717, 1.165) is 26.9 Å². The monoisotopic (exact) mass is 457 g/mol. The van der Waals surface area contributed by atoms with Gasteiger partial charge in [-0.3, -0.25) is 14.9 Å². The summed E-state index contributed by atoms with van der Waals surface area (Å²) in [7, 11) is 0. The molecule has 2 amide bonds. The van der Waals surface area contributed by atoms with Crippen molar-refractivity contribution in [3.05, 3.63) is 74.7 Å². The van der Waals surface area contributed by atoms with Crippen molar-refractivity contribution in [2.75, 3.05) is 5.32 Å². The lowest BCUT2D eigenvalue weighted by atomic mass is 10.1. The summed E-state index contributed by atoms with van der Waals surface area (Å²) in [6, 6.07) is 14.7. The van der Waals surface area contributed by atoms with E-state index >= 15 is 0 Å². The van der Waals surface area contributed by atoms with Crippen molar-refractivity contribution in [3.8, 4) is 0 Å². The molecule has 0 bridgehead atoms. The fourth-order valence-corrected chi connectivity index (χ4v) is 3.23. The van der Waals surface area contributed by atoms with Gasteiger partial charge in [-0.25, -0.2) is 5.43 Å². The maximum absolute atomic E-state index is 12.2. The van der Waals surface area contributed by atoms with Crippen molar-refractivity contribution in [1.29, 1.82) is 0 Å². The van der Waals surface area contributed by atoms with Gasteiger partial charge in [0.15, 0.2) is 0 Å². The molecule has 0 aliphatic rings. The molecule has 0 saturated carbocycles. The van der Waals surface area contributed by atoms with E-state index in [2.05, 4.69) is 42.0 Å². The fourth-order valence-electron chi connectivity index (χ4n) is 2.24. The van der Waals surface area contributed by atoms with Crippen molar-refractivity contribution < 1.29 is 9.59 Å². The van der Waals surface area contributed by atoms with E-state index in [1.165, 1.54) is 0 Å². The van der Waals surface area contributed by atoms with E-state index in [1.807, 2.05) is 43.3 Å². The molecule has 0 saturated heterocycles. The lowest BCUT2D eigenvalue weighted by Gasteiger charge is -2.01. The van der Waals surface area contributed by atoms with Crippen molar-refractivity contribution in [2.24, 2.45) is 5.10 Å². The van der Waals surface area contributed by atoms with E-state index < -0.39 is 0 Å². The second kappa shape index (κ2) is 9.34. The first-order chi connectivity index (χ1) is 13.5. The van der Waals surface area contributed by atoms with E-state index in [-0.39, 0.29) is 18.2 Å². The molecule has 0 aliphatic heterocycles. The van der Waals surface area contributed by atoms with Gasteiger partial charge < -0.3 is 0 Å². The third-order valence-electron chi connectivity index (χ3n) is 3.55. The molecule has 0 fully saturated rings. The van der Waals surface area contributed by atoms with Crippen LogP contribution in [0.4, 0.5) is 5.13 Å². The first-order valence-corrected chi connectivity index (χ1v) is 9.88. The zero-order valence-corrected chi connectivity index (χ0v) is 17.3. The number of carbonyl (C=O) groups excluding carboxylic acids is 2. The van der Waals surface area contributed by atoms with Gasteiger partial charge in [-0.05, 0) is 36.8 Å². The summed E-state index contributed by atoms with van der Waals surface area (Å²) in [5, 5.41) is 15.3. The number of amides is 2. The van der Waals surface area contributed by atoms with Gasteiger partial charge in [-0.1, -0.05) is 57.1 Å². The number of hydrazone groups is 1. The summed E-state index contributed by atoms with van der Waals surface area (Å²) >= 11 is 4.50. The number of nitrogens with one attached hydrogen (secondary N) is 2. The molecular weight excluding hydrogens is 442 g/mol. The van der Waals surface area contributed by atoms with Gasteiger partial charge in [-0.2, -0.15) is 5.10 Å². The van der Waals surface area contributed by atoms with E-state index in [4.69, 9.17) is 0 Å². The Morgan fingerprint density at radius 2 is 1.96 bits per heavy atom. The molecule has 0 unspecified atom stereocenters. The second-order valence-electron chi connectivity index (χ2n) is 5.85. The number of aromatic nitrogens is 2. The largest absolute Gasteiger partial charge is 0.296 e. The fraction of sp³-hybridized carbons (Fsp3) is 0.105. The Morgan fingerprint density at radius 3 is 2.71 bits per heavy atom. The van der Waals surface area contributed by atoms with Gasteiger partial charge >= 0.3 is 0 Å². The number of anilines is 1. The molecule has 2 N–H and O–H groups in total. The molecule has 2 aromatic carbocycles. The molecule has 0 radical (unpaired) electrons. The van der Waals surface area contributed by atoms with Crippen molar-refractivity contribution in [1.82, 2.24) is 15.6 Å². The molecule has 28 heavy (non-hydrogen) atoms. The van der Waals surface area contributed by atoms with Gasteiger partial charge in [-0.15, -0.1) is 10.2 Å². The highest BCUT2D eigenvalue weighted by atomic mass is 79.9. The summed E-state index contributed by atoms with van der Waals surface area (Å²) < 4.78 is 0.968. The minimum absolute atomic E-state index is 0.0235. The molecule has 0 aliphatic carbocycles. The third-order valence-corrected chi connectivity index (χ3v) is 4.92. The highest BCUT2D eigenvalue weighted by Gasteiger charge is 2.12. The number of hydrogen-bond acceptors (Lipinski definition) is 6. The Hall–Kier alpha value is -2.91. The lowest BCUT2D eigenvalue weighted by Crippen LogP contribution is -2.19. The van der Waals surface area contributed by atoms with Crippen molar-refractivity contribution >= 4 is 50.4 Å². The maximum Gasteiger partial charge on any atom is 0.257 e. The molecular formula is C19H16BrN5O2S. The highest BCUT2D eigenvalue weighted by Crippen LogP contribution is 2.17. The number of carbonyl (C=O) groups is 2. The zero-order chi connectivity index (χ0) is 19.9. The van der Waals surface area contributed by atoms with Crippen LogP contribution in [-0.2, 0) is 11.2 Å². The smallest absolute Gasteiger partial charge is 0.257 e. The number of nitrogens with zero attached hydrogens (tertiary/aromatic N) is 3. The van der Waals surface area contributed by atoms with Crippen LogP contribution in [0, 0.1) is 6.92 Å². The van der Waals surface area contributed by atoms with Gasteiger partial charge in [0.25, 0.3) is 5.91 Å². The number of halogens is 1. The normalized spacial score (nSPS) is 10.8. The summed E-state index contributed by atoms with van der Waals surface area (Å²) in [4.78, 5) is 24.2. The van der Waals surface area contributed by atoms with Crippen LogP contribution in [-0.4, -0.2) is 28.2 Å². The molecule has 9 heteroatoms. The zero-order valence-electron chi connectivity index (χ0n) is 14.8. The molecule has 1 aromatic heterocycles. The van der Waals surface area contributed by atoms with Gasteiger partial charge in [0.2, 0.25) is 11.0 Å². The first-order valence-electron chi connectivity index (χ1n) is 8.27. The molecule has 7 nitrogen and oxygen atoms in total. The minimum atomic E-state index is -0.318. The van der Waals surface area contributed by atoms with Crippen molar-refractivity contribution in [2.45, 2.75) is 13.3 Å². The number of benzene rings is 2. The summed E-state index contributed by atoms with van der Waals surface area (Å²) in [5.74, 6) is -0.587. The van der Waals surface area contributed by atoms with Crippen LogP contribution in [0.2, 0.25) is 0 Å². The van der Waals surface area contributed by atoms with Crippen LogP contribution in [0.15, 0.2) is 58.1 Å². The van der Waals surface area contributed by atoms with Crippen LogP contribution in [0.5, 0.6) is 0 Å². The second-order valence-corrected chi connectivity index (χ2v) is 7.82. The number of rotatable bonds is 6. The molecule has 0 atom stereocenters. The summed E-state index contributed by atoms with van der Waals surface area (Å²) in [6.07, 6.45) is 1.58. The Kier molecular flexibility index (Phi) is 6.62. The van der Waals surface area contributed by atoms with E-state index in [1.54, 1.807) is 18.3 Å². The number of aryl methyl sites for hydroxylation is 1. The van der Waals surface area contributed by atoms with Gasteiger partial charge in [0, 0.05) is 10.0 Å². The third kappa shape index (κ3) is 5.80. The average Bonchev–Trinajstić information content (AvgIpc) is 3.10. The predicted octanol–water partition coefficient (Wildman–Crippen LogP) is 3.55. The Morgan fingerprint density at radius 1 is 1.18 bits per heavy atom. The highest BCUT2D eigenvalue weighted by molar-refractivity contribution is 9.10. The first kappa shape index (κ1) is 19.8. The Labute approximate surface area is 174 Å². The molecule has 3 rings (SSSR count). The summed E-state index contributed by atoms with van der Waals surface area (Å²) in [6.45, 7) is 1.91. The standard InChI is InChI=1S/C19H16BrN5O2S/c1-12-3-2-4-14(9-12)18(27)22-19-25-24-17(28-19)10-16(26)23-21-11-13-5-7-15(20)8-6-13/h2-9,11H,10H2,1H3,(H,23,26)(H,22,25,27). The SMILES string of the molecule is Cc1cccc(C(=O)Nc2nnc(CC(=O)NN=Cc3ccc(Br)cc3)s2)c1. The molecule has 3 aromatic rings. The van der Waals surface area contributed by atoms with Crippen LogP contribution >= 0.6 is 27.3 Å². The van der Waals surface area contributed by atoms with Gasteiger partial charge in [0.1, 0.15) is 5.01 Å². The molecule has 1 heterocycles. The maximum atomic E-state index is 12.2. The van der Waals surface area contributed by atoms with Crippen LogP contribution < -0.4 is 10.7 Å². The topological polar surface area (TPSA) is 96.3 Å². The predicted molar refractivity (Wildman–Crippen MR) is 113 cm³/mol. The van der Waals surface area contributed by atoms with Gasteiger partial charge in [0.05, 0.1) is 12.6 Å².